The first-order valence-electron chi connectivity index (χ1n) is 13.6. The quantitative estimate of drug-likeness (QED) is 0.193. The molecule has 0 aliphatic rings. The molecule has 0 saturated carbocycles. The van der Waals surface area contributed by atoms with E-state index < -0.39 is 5.79 Å². The minimum absolute atomic E-state index is 0.0583. The average molecular weight is 558 g/mol. The lowest BCUT2D eigenvalue weighted by Crippen LogP contribution is -2.32. The van der Waals surface area contributed by atoms with Crippen LogP contribution >= 0.6 is 0 Å². The molecule has 0 aliphatic carbocycles. The third-order valence-electron chi connectivity index (χ3n) is 6.20. The van der Waals surface area contributed by atoms with E-state index in [2.05, 4.69) is 65.1 Å². The molecule has 11 nitrogen and oxygen atoms in total. The van der Waals surface area contributed by atoms with Gasteiger partial charge in [0.15, 0.2) is 17.3 Å². The van der Waals surface area contributed by atoms with Crippen LogP contribution in [0.2, 0.25) is 0 Å². The van der Waals surface area contributed by atoms with Gasteiger partial charge in [-0.3, -0.25) is 4.79 Å². The van der Waals surface area contributed by atoms with E-state index in [0.29, 0.717) is 17.8 Å². The number of aromatic nitrogens is 4. The van der Waals surface area contributed by atoms with Crippen molar-refractivity contribution in [2.75, 3.05) is 38.3 Å². The summed E-state index contributed by atoms with van der Waals surface area (Å²) in [6.07, 6.45) is 6.42. The highest BCUT2D eigenvalue weighted by molar-refractivity contribution is 5.90. The topological polar surface area (TPSA) is 152 Å². The van der Waals surface area contributed by atoms with Gasteiger partial charge in [0.25, 0.3) is 0 Å². The molecule has 0 saturated heterocycles. The molecule has 2 heterocycles. The van der Waals surface area contributed by atoms with Crippen LogP contribution in [0.3, 0.4) is 0 Å². The van der Waals surface area contributed by atoms with Gasteiger partial charge in [0, 0.05) is 32.3 Å². The molecule has 3 aromatic rings. The molecular weight excluding hydrogens is 510 g/mol. The second-order valence-corrected chi connectivity index (χ2v) is 11.6. The van der Waals surface area contributed by atoms with Gasteiger partial charge < -0.3 is 35.5 Å². The summed E-state index contributed by atoms with van der Waals surface area (Å²) in [6, 6.07) is 8.11. The summed E-state index contributed by atoms with van der Waals surface area (Å²) < 4.78 is 7.68. The Balaban J connectivity index is 0.00000103. The lowest BCUT2D eigenvalue weighted by Gasteiger charge is -2.23. The van der Waals surface area contributed by atoms with E-state index >= 15 is 0 Å². The summed E-state index contributed by atoms with van der Waals surface area (Å²) in [5.74, 6) is -1.05. The van der Waals surface area contributed by atoms with Crippen LogP contribution in [0.4, 0.5) is 11.5 Å². The Bertz CT molecular complexity index is 1180. The number of hydrogen-bond acceptors (Lipinski definition) is 9. The van der Waals surface area contributed by atoms with Crippen LogP contribution in [0.25, 0.3) is 11.2 Å². The number of nitrogen functional groups attached to an aromatic ring is 1. The number of aliphatic hydroxyl groups is 2. The van der Waals surface area contributed by atoms with Crippen molar-refractivity contribution in [1.82, 2.24) is 24.4 Å². The molecule has 2 aromatic heterocycles. The number of ether oxygens (including phenoxy) is 1. The number of carbonyl (C=O) groups is 1. The number of nitrogens with zero attached hydrogens (tertiary/aromatic N) is 5. The Morgan fingerprint density at radius 2 is 1.75 bits per heavy atom. The Morgan fingerprint density at radius 3 is 2.35 bits per heavy atom. The van der Waals surface area contributed by atoms with Crippen molar-refractivity contribution in [2.24, 2.45) is 0 Å². The van der Waals surface area contributed by atoms with Gasteiger partial charge in [-0.2, -0.15) is 0 Å². The Morgan fingerprint density at radius 1 is 1.10 bits per heavy atom. The molecule has 1 unspecified atom stereocenters. The summed E-state index contributed by atoms with van der Waals surface area (Å²) in [5, 5.41) is 19.2. The number of nitrogens with one attached hydrogen (secondary N) is 1. The molecule has 5 N–H and O–H groups in total. The Hall–Kier alpha value is -3.12. The number of anilines is 2. The highest BCUT2D eigenvalue weighted by Crippen LogP contribution is 2.23. The summed E-state index contributed by atoms with van der Waals surface area (Å²) in [5.41, 5.74) is 9.45. The zero-order valence-corrected chi connectivity index (χ0v) is 25.0. The standard InChI is InChI=1S/C26H39N7O2.C3H8O2/c1-26(2,3)19-9-11-20(12-10-19)31-22(34)8-6-7-14-32(4)16-21(35-5)13-15-33-18-30-23-24(27)28-17-29-25(23)33;1-3(2,4)5/h9-12,17-18,21H,6-8,13-16H2,1-5H3,(H,31,34)(H2,27,28,29);4-5H,1-2H3. The minimum atomic E-state index is -1.50. The molecule has 1 atom stereocenters. The van der Waals surface area contributed by atoms with Crippen molar-refractivity contribution >= 4 is 28.6 Å². The first-order valence-corrected chi connectivity index (χ1v) is 13.6. The highest BCUT2D eigenvalue weighted by atomic mass is 16.5. The molecule has 222 valence electrons. The first-order chi connectivity index (χ1) is 18.7. The summed E-state index contributed by atoms with van der Waals surface area (Å²) >= 11 is 0. The molecule has 0 bridgehead atoms. The van der Waals surface area contributed by atoms with Crippen LogP contribution in [-0.2, 0) is 21.5 Å². The van der Waals surface area contributed by atoms with Gasteiger partial charge >= 0.3 is 0 Å². The number of fused-ring (bicyclic) bond motifs is 1. The van der Waals surface area contributed by atoms with E-state index in [0.717, 1.165) is 50.2 Å². The largest absolute Gasteiger partial charge is 0.382 e. The number of rotatable bonds is 12. The molecule has 11 heteroatoms. The number of methoxy groups -OCH3 is 1. The number of nitrogens with two attached hydrogens (primary N) is 1. The number of benzene rings is 1. The summed E-state index contributed by atoms with van der Waals surface area (Å²) in [7, 11) is 3.83. The Labute approximate surface area is 237 Å². The van der Waals surface area contributed by atoms with E-state index in [4.69, 9.17) is 20.7 Å². The summed E-state index contributed by atoms with van der Waals surface area (Å²) in [6.45, 7) is 11.6. The van der Waals surface area contributed by atoms with Gasteiger partial charge in [0.1, 0.15) is 11.8 Å². The van der Waals surface area contributed by atoms with Crippen molar-refractivity contribution in [3.8, 4) is 0 Å². The monoisotopic (exact) mass is 557 g/mol. The number of imidazole rings is 1. The van der Waals surface area contributed by atoms with Crippen LogP contribution in [0.5, 0.6) is 0 Å². The zero-order valence-electron chi connectivity index (χ0n) is 25.0. The van der Waals surface area contributed by atoms with E-state index in [1.54, 1.807) is 13.4 Å². The molecule has 1 aromatic carbocycles. The van der Waals surface area contributed by atoms with Crippen molar-refractivity contribution in [1.29, 1.82) is 0 Å². The fraction of sp³-hybridized carbons (Fsp3) is 0.586. The lowest BCUT2D eigenvalue weighted by molar-refractivity contribution is -0.127. The first kappa shape index (κ1) is 33.1. The number of amides is 1. The molecule has 40 heavy (non-hydrogen) atoms. The molecule has 0 radical (unpaired) electrons. The number of unbranched alkanes of at least 4 members (excludes halogenated alkanes) is 1. The third kappa shape index (κ3) is 12.0. The molecule has 1 amide bonds. The maximum atomic E-state index is 12.3. The minimum Gasteiger partial charge on any atom is -0.382 e. The number of aryl methyl sites for hydroxylation is 1. The lowest BCUT2D eigenvalue weighted by atomic mass is 9.87. The van der Waals surface area contributed by atoms with Gasteiger partial charge in [0.05, 0.1) is 12.4 Å². The number of likely N-dealkylation sites (N-methyl/N-ethyl adjacent to an activating group) is 1. The van der Waals surface area contributed by atoms with Gasteiger partial charge in [-0.1, -0.05) is 32.9 Å². The van der Waals surface area contributed by atoms with E-state index in [9.17, 15) is 4.79 Å². The van der Waals surface area contributed by atoms with Crippen LogP contribution in [0, 0.1) is 0 Å². The maximum Gasteiger partial charge on any atom is 0.224 e. The number of carbonyl (C=O) groups excluding carboxylic acids is 1. The average Bonchev–Trinajstić information content (AvgIpc) is 3.27. The molecule has 0 spiro atoms. The third-order valence-corrected chi connectivity index (χ3v) is 6.20. The normalized spacial score (nSPS) is 12.8. The van der Waals surface area contributed by atoms with E-state index in [-0.39, 0.29) is 17.4 Å². The van der Waals surface area contributed by atoms with Crippen LogP contribution < -0.4 is 11.1 Å². The van der Waals surface area contributed by atoms with Crippen molar-refractivity contribution < 1.29 is 19.7 Å². The Kier molecular flexibility index (Phi) is 12.4. The zero-order chi connectivity index (χ0) is 29.9. The smallest absolute Gasteiger partial charge is 0.224 e. The molecular formula is C29H47N7O4. The van der Waals surface area contributed by atoms with Gasteiger partial charge in [-0.05, 0) is 69.8 Å². The number of hydrogen-bond donors (Lipinski definition) is 4. The fourth-order valence-corrected chi connectivity index (χ4v) is 4.01. The molecule has 0 aliphatic heterocycles. The summed E-state index contributed by atoms with van der Waals surface area (Å²) in [4.78, 5) is 27.2. The van der Waals surface area contributed by atoms with Gasteiger partial charge in [0.2, 0.25) is 5.91 Å². The van der Waals surface area contributed by atoms with Crippen LogP contribution in [0.15, 0.2) is 36.9 Å². The fourth-order valence-electron chi connectivity index (χ4n) is 4.01. The van der Waals surface area contributed by atoms with Crippen molar-refractivity contribution in [3.63, 3.8) is 0 Å². The SMILES string of the molecule is CC(C)(O)O.COC(CCn1cnc2c(N)ncnc21)CN(C)CCCCC(=O)Nc1ccc(C(C)(C)C)cc1. The second-order valence-electron chi connectivity index (χ2n) is 11.6. The van der Waals surface area contributed by atoms with Gasteiger partial charge in [-0.25, -0.2) is 15.0 Å². The maximum absolute atomic E-state index is 12.3. The highest BCUT2D eigenvalue weighted by Gasteiger charge is 2.15. The van der Waals surface area contributed by atoms with Crippen molar-refractivity contribution in [3.05, 3.63) is 42.5 Å². The molecule has 0 fully saturated rings. The van der Waals surface area contributed by atoms with Crippen LogP contribution in [0.1, 0.15) is 65.9 Å². The van der Waals surface area contributed by atoms with Crippen molar-refractivity contribution in [2.45, 2.75) is 84.2 Å². The second kappa shape index (κ2) is 15.0. The molecule has 3 rings (SSSR count). The predicted octanol–water partition coefficient (Wildman–Crippen LogP) is 3.56. The van der Waals surface area contributed by atoms with Crippen LogP contribution in [-0.4, -0.2) is 79.7 Å². The van der Waals surface area contributed by atoms with E-state index in [1.807, 2.05) is 16.7 Å². The van der Waals surface area contributed by atoms with E-state index in [1.165, 1.54) is 25.7 Å². The van der Waals surface area contributed by atoms with Gasteiger partial charge in [-0.15, -0.1) is 0 Å². The predicted molar refractivity (Wildman–Crippen MR) is 159 cm³/mol.